The van der Waals surface area contributed by atoms with E-state index in [1.807, 2.05) is 54.3 Å². The van der Waals surface area contributed by atoms with Gasteiger partial charge in [-0.05, 0) is 36.6 Å². The molecule has 1 N–H and O–H groups in total. The molecule has 1 saturated carbocycles. The smallest absolute Gasteiger partial charge is 0.267 e. The number of aromatic amines is 1. The minimum absolute atomic E-state index is 0.0122. The summed E-state index contributed by atoms with van der Waals surface area (Å²) in [4.78, 5) is 13.3. The van der Waals surface area contributed by atoms with Crippen LogP contribution in [0, 0.1) is 11.3 Å². The molecule has 1 aliphatic carbocycles. The fraction of sp³-hybridized carbons (Fsp3) is 0.200. The summed E-state index contributed by atoms with van der Waals surface area (Å²) in [7, 11) is 1.90. The topological polar surface area (TPSA) is 87.4 Å². The Kier molecular flexibility index (Phi) is 3.92. The Bertz CT molecular complexity index is 1640. The maximum Gasteiger partial charge on any atom is 0.272 e. The Hall–Kier alpha value is -3.76. The zero-order chi connectivity index (χ0) is 22.0. The predicted octanol–water partition coefficient (Wildman–Crippen LogP) is 5.13. The molecule has 3 heterocycles. The minimum Gasteiger partial charge on any atom is -0.267 e. The number of nitrogens with zero attached hydrogens (tertiary/aromatic N) is 4. The van der Waals surface area contributed by atoms with Crippen molar-refractivity contribution in [1.29, 1.82) is 5.26 Å². The summed E-state index contributed by atoms with van der Waals surface area (Å²) in [6, 6.07) is 16.2. The third-order valence-corrected chi connectivity index (χ3v) is 7.71. The van der Waals surface area contributed by atoms with E-state index in [1.165, 1.54) is 0 Å². The first-order valence-electron chi connectivity index (χ1n) is 10.5. The zero-order valence-corrected chi connectivity index (χ0v) is 18.5. The largest absolute Gasteiger partial charge is 0.272 e. The number of thiophene rings is 1. The molecule has 1 fully saturated rings. The first kappa shape index (κ1) is 19.0. The molecule has 2 aromatic carbocycles. The fourth-order valence-corrected chi connectivity index (χ4v) is 5.70. The van der Waals surface area contributed by atoms with Gasteiger partial charge in [-0.3, -0.25) is 9.48 Å². The Labute approximate surface area is 187 Å². The lowest BCUT2D eigenvalue weighted by Crippen LogP contribution is -2.15. The van der Waals surface area contributed by atoms with Crippen LogP contribution < -0.4 is 5.56 Å². The van der Waals surface area contributed by atoms with Crippen molar-refractivity contribution in [3.8, 4) is 27.8 Å². The van der Waals surface area contributed by atoms with Gasteiger partial charge < -0.3 is 0 Å². The molecule has 3 aromatic heterocycles. The number of rotatable bonds is 3. The predicted molar refractivity (Wildman–Crippen MR) is 127 cm³/mol. The Morgan fingerprint density at radius 1 is 1.16 bits per heavy atom. The van der Waals surface area contributed by atoms with Gasteiger partial charge in [-0.2, -0.15) is 15.5 Å². The number of nitriles is 1. The van der Waals surface area contributed by atoms with Crippen molar-refractivity contribution < 1.29 is 0 Å². The first-order valence-corrected chi connectivity index (χ1v) is 11.3. The number of fused-ring (bicyclic) bond motifs is 2. The van der Waals surface area contributed by atoms with Gasteiger partial charge in [0.25, 0.3) is 5.56 Å². The molecule has 0 radical (unpaired) electrons. The quantitative estimate of drug-likeness (QED) is 0.424. The maximum atomic E-state index is 12.4. The van der Waals surface area contributed by atoms with Crippen LogP contribution in [0.2, 0.25) is 0 Å². The van der Waals surface area contributed by atoms with E-state index >= 15 is 0 Å². The van der Waals surface area contributed by atoms with Crippen LogP contribution in [-0.2, 0) is 12.5 Å². The number of aryl methyl sites for hydroxylation is 1. The zero-order valence-electron chi connectivity index (χ0n) is 17.6. The summed E-state index contributed by atoms with van der Waals surface area (Å²) in [5, 5.41) is 24.0. The molecule has 7 heteroatoms. The van der Waals surface area contributed by atoms with Crippen LogP contribution in [0.25, 0.3) is 42.6 Å². The van der Waals surface area contributed by atoms with Gasteiger partial charge in [-0.1, -0.05) is 31.2 Å². The Balaban J connectivity index is 1.61. The third-order valence-electron chi connectivity index (χ3n) is 6.53. The average molecular weight is 438 g/mol. The summed E-state index contributed by atoms with van der Waals surface area (Å²) >= 11 is 1.60. The number of benzene rings is 2. The standard InChI is InChI=1S/C25H19N5OS/c1-25(9-10-25)23-17-11-14(7-8-16(17)24(31)29-28-23)19-13-27-30(2)21(19)22-18(12-26)15-5-3-4-6-20(15)32-22/h3-8,11,13H,9-10H2,1-2H3,(H,29,31). The molecule has 0 bridgehead atoms. The van der Waals surface area contributed by atoms with E-state index in [1.54, 1.807) is 11.3 Å². The highest BCUT2D eigenvalue weighted by Gasteiger charge is 2.42. The van der Waals surface area contributed by atoms with E-state index < -0.39 is 0 Å². The fourth-order valence-electron chi connectivity index (χ4n) is 4.46. The number of aromatic nitrogens is 4. The highest BCUT2D eigenvalue weighted by molar-refractivity contribution is 7.22. The first-order chi connectivity index (χ1) is 15.5. The van der Waals surface area contributed by atoms with E-state index in [-0.39, 0.29) is 11.0 Å². The van der Waals surface area contributed by atoms with E-state index in [0.29, 0.717) is 10.9 Å². The molecule has 0 aliphatic heterocycles. The van der Waals surface area contributed by atoms with Gasteiger partial charge in [-0.25, -0.2) is 5.10 Å². The van der Waals surface area contributed by atoms with Crippen LogP contribution in [0.1, 0.15) is 31.0 Å². The number of H-pyrrole nitrogens is 1. The van der Waals surface area contributed by atoms with E-state index in [9.17, 15) is 10.1 Å². The van der Waals surface area contributed by atoms with Crippen molar-refractivity contribution >= 4 is 32.2 Å². The summed E-state index contributed by atoms with van der Waals surface area (Å²) < 4.78 is 2.90. The Morgan fingerprint density at radius 3 is 2.75 bits per heavy atom. The molecular weight excluding hydrogens is 418 g/mol. The van der Waals surface area contributed by atoms with Crippen molar-refractivity contribution in [1.82, 2.24) is 20.0 Å². The number of nitrogens with one attached hydrogen (secondary N) is 1. The molecule has 6 nitrogen and oxygen atoms in total. The molecule has 5 aromatic rings. The molecule has 0 spiro atoms. The van der Waals surface area contributed by atoms with Gasteiger partial charge in [-0.15, -0.1) is 11.3 Å². The van der Waals surface area contributed by atoms with Crippen molar-refractivity contribution in [2.24, 2.45) is 7.05 Å². The van der Waals surface area contributed by atoms with E-state index in [2.05, 4.69) is 34.4 Å². The SMILES string of the molecule is Cn1ncc(-c2ccc3c(=O)[nH]nc(C4(C)CC4)c3c2)c1-c1sc2ccccc2c1C#N. The molecule has 0 saturated heterocycles. The summed E-state index contributed by atoms with van der Waals surface area (Å²) in [5.41, 5.74) is 4.24. The highest BCUT2D eigenvalue weighted by atomic mass is 32.1. The second kappa shape index (κ2) is 6.62. The summed E-state index contributed by atoms with van der Waals surface area (Å²) in [6.07, 6.45) is 3.97. The molecular formula is C25H19N5OS. The summed E-state index contributed by atoms with van der Waals surface area (Å²) in [5.74, 6) is 0. The van der Waals surface area contributed by atoms with Crippen molar-refractivity contribution in [2.75, 3.05) is 0 Å². The minimum atomic E-state index is -0.178. The second-order valence-corrected chi connectivity index (χ2v) is 9.72. The van der Waals surface area contributed by atoms with Gasteiger partial charge in [0, 0.05) is 33.5 Å². The molecule has 6 rings (SSSR count). The molecule has 32 heavy (non-hydrogen) atoms. The van der Waals surface area contributed by atoms with Crippen LogP contribution in [0.4, 0.5) is 0 Å². The van der Waals surface area contributed by atoms with Gasteiger partial charge in [0.2, 0.25) is 0 Å². The van der Waals surface area contributed by atoms with Crippen molar-refractivity contribution in [2.45, 2.75) is 25.2 Å². The van der Waals surface area contributed by atoms with Crippen molar-refractivity contribution in [3.05, 3.63) is 70.3 Å². The third kappa shape index (κ3) is 2.66. The van der Waals surface area contributed by atoms with Crippen LogP contribution >= 0.6 is 11.3 Å². The van der Waals surface area contributed by atoms with Crippen LogP contribution in [0.5, 0.6) is 0 Å². The monoisotopic (exact) mass is 437 g/mol. The lowest BCUT2D eigenvalue weighted by atomic mass is 9.95. The number of hydrogen-bond donors (Lipinski definition) is 1. The van der Waals surface area contributed by atoms with Gasteiger partial charge >= 0.3 is 0 Å². The van der Waals surface area contributed by atoms with Crippen molar-refractivity contribution in [3.63, 3.8) is 0 Å². The lowest BCUT2D eigenvalue weighted by Gasteiger charge is -2.12. The van der Waals surface area contributed by atoms with Crippen LogP contribution in [0.15, 0.2) is 53.5 Å². The second-order valence-electron chi connectivity index (χ2n) is 8.67. The van der Waals surface area contributed by atoms with Gasteiger partial charge in [0.05, 0.1) is 33.4 Å². The molecule has 0 atom stereocenters. The molecule has 156 valence electrons. The van der Waals surface area contributed by atoms with Crippen LogP contribution in [-0.4, -0.2) is 20.0 Å². The van der Waals surface area contributed by atoms with Gasteiger partial charge in [0.1, 0.15) is 6.07 Å². The average Bonchev–Trinajstić information content (AvgIpc) is 3.27. The highest BCUT2D eigenvalue weighted by Crippen LogP contribution is 2.49. The normalized spacial score (nSPS) is 14.7. The van der Waals surface area contributed by atoms with E-state index in [0.717, 1.165) is 55.7 Å². The molecule has 0 amide bonds. The molecule has 1 aliphatic rings. The summed E-state index contributed by atoms with van der Waals surface area (Å²) in [6.45, 7) is 2.19. The lowest BCUT2D eigenvalue weighted by molar-refractivity contribution is 0.731. The van der Waals surface area contributed by atoms with Crippen LogP contribution in [0.3, 0.4) is 0 Å². The maximum absolute atomic E-state index is 12.4. The molecule has 0 unspecified atom stereocenters. The van der Waals surface area contributed by atoms with E-state index in [4.69, 9.17) is 0 Å². The number of hydrogen-bond acceptors (Lipinski definition) is 5. The van der Waals surface area contributed by atoms with Gasteiger partial charge in [0.15, 0.2) is 0 Å². The Morgan fingerprint density at radius 2 is 1.97 bits per heavy atom.